The van der Waals surface area contributed by atoms with Gasteiger partial charge in [0.05, 0.1) is 23.4 Å². The number of phenols is 1. The maximum atomic E-state index is 12.9. The molecule has 0 spiro atoms. The van der Waals surface area contributed by atoms with Crippen molar-refractivity contribution in [1.82, 2.24) is 14.9 Å². The van der Waals surface area contributed by atoms with E-state index < -0.39 is 23.4 Å². The largest absolute Gasteiger partial charge is 0.506 e. The monoisotopic (exact) mass is 537 g/mol. The summed E-state index contributed by atoms with van der Waals surface area (Å²) in [5.74, 6) is -0.132. The van der Waals surface area contributed by atoms with Crippen LogP contribution in [-0.4, -0.2) is 51.2 Å². The first kappa shape index (κ1) is 28.6. The molecule has 1 aromatic heterocycles. The van der Waals surface area contributed by atoms with Gasteiger partial charge in [-0.1, -0.05) is 66.1 Å². The number of carbonyl (C=O) groups excluding carboxylic acids is 2. The van der Waals surface area contributed by atoms with Gasteiger partial charge in [0, 0.05) is 11.1 Å². The highest BCUT2D eigenvalue weighted by Gasteiger charge is 2.31. The lowest BCUT2D eigenvalue weighted by molar-refractivity contribution is -0.000251. The first-order valence-electron chi connectivity index (χ1n) is 12.9. The number of aromatic hydroxyl groups is 1. The second-order valence-electron chi connectivity index (χ2n) is 11.4. The number of benzene rings is 3. The highest BCUT2D eigenvalue weighted by molar-refractivity contribution is 6.35. The van der Waals surface area contributed by atoms with Gasteiger partial charge in [-0.3, -0.25) is 0 Å². The average Bonchev–Trinajstić information content (AvgIpc) is 2.87. The van der Waals surface area contributed by atoms with Crippen LogP contribution in [0.25, 0.3) is 33.5 Å². The van der Waals surface area contributed by atoms with Gasteiger partial charge in [-0.2, -0.15) is 0 Å². The molecule has 40 heavy (non-hydrogen) atoms. The molecule has 0 saturated heterocycles. The third-order valence-corrected chi connectivity index (χ3v) is 5.68. The van der Waals surface area contributed by atoms with Gasteiger partial charge in [-0.05, 0) is 53.2 Å². The molecule has 1 N–H and O–H groups in total. The van der Waals surface area contributed by atoms with Crippen LogP contribution < -0.4 is 5.46 Å². The Morgan fingerprint density at radius 2 is 1.30 bits per heavy atom. The van der Waals surface area contributed by atoms with E-state index >= 15 is 0 Å². The lowest BCUT2D eigenvalue weighted by atomic mass is 9.94. The minimum Gasteiger partial charge on any atom is -0.506 e. The number of nitrogens with zero attached hydrogens (tertiary/aromatic N) is 3. The van der Waals surface area contributed by atoms with Gasteiger partial charge in [-0.15, -0.1) is 0 Å². The van der Waals surface area contributed by atoms with E-state index in [1.807, 2.05) is 42.5 Å². The molecular weight excluding hydrogens is 505 g/mol. The minimum atomic E-state index is -0.800. The van der Waals surface area contributed by atoms with Crippen LogP contribution in [0, 0.1) is 0 Å². The first-order chi connectivity index (χ1) is 18.7. The number of hydrogen-bond donors (Lipinski definition) is 1. The molecule has 2 amide bonds. The van der Waals surface area contributed by atoms with Crippen LogP contribution in [0.2, 0.25) is 0 Å². The highest BCUT2D eigenvalue weighted by atomic mass is 16.6. The fourth-order valence-electron chi connectivity index (χ4n) is 3.91. The third kappa shape index (κ3) is 6.78. The summed E-state index contributed by atoms with van der Waals surface area (Å²) in [5.41, 5.74) is 2.85. The summed E-state index contributed by atoms with van der Waals surface area (Å²) in [6.45, 7) is 10.3. The average molecular weight is 537 g/mol. The van der Waals surface area contributed by atoms with Crippen molar-refractivity contribution in [3.63, 3.8) is 0 Å². The Labute approximate surface area is 235 Å². The van der Waals surface area contributed by atoms with E-state index in [1.54, 1.807) is 65.8 Å². The quantitative estimate of drug-likeness (QED) is 0.312. The summed E-state index contributed by atoms with van der Waals surface area (Å²) in [4.78, 5) is 36.3. The van der Waals surface area contributed by atoms with Gasteiger partial charge in [0.15, 0.2) is 0 Å². The lowest BCUT2D eigenvalue weighted by Gasteiger charge is -2.28. The summed E-state index contributed by atoms with van der Waals surface area (Å²) in [7, 11) is 5.92. The molecule has 0 unspecified atom stereocenters. The zero-order valence-electron chi connectivity index (χ0n) is 23.6. The van der Waals surface area contributed by atoms with Crippen molar-refractivity contribution >= 4 is 36.5 Å². The van der Waals surface area contributed by atoms with Crippen LogP contribution in [0.1, 0.15) is 47.1 Å². The summed E-state index contributed by atoms with van der Waals surface area (Å²) in [6, 6.07) is 20.2. The Hall–Kier alpha value is -4.40. The number of fused-ring (bicyclic) bond motifs is 1. The predicted molar refractivity (Wildman–Crippen MR) is 155 cm³/mol. The summed E-state index contributed by atoms with van der Waals surface area (Å²) < 4.78 is 10.9. The fraction of sp³-hybridized carbons (Fsp3) is 0.290. The normalized spacial score (nSPS) is 11.8. The van der Waals surface area contributed by atoms with Crippen molar-refractivity contribution in [3.8, 4) is 28.3 Å². The van der Waals surface area contributed by atoms with E-state index in [1.165, 1.54) is 0 Å². The summed E-state index contributed by atoms with van der Waals surface area (Å²) in [6.07, 6.45) is -1.60. The van der Waals surface area contributed by atoms with Gasteiger partial charge in [0.1, 0.15) is 30.3 Å². The van der Waals surface area contributed by atoms with E-state index in [0.717, 1.165) is 16.0 Å². The van der Waals surface area contributed by atoms with Crippen molar-refractivity contribution in [1.29, 1.82) is 0 Å². The maximum Gasteiger partial charge on any atom is 0.420 e. The standard InChI is InChI=1S/C31H32BN3O5/c1-30(2,3)39-28(37)35(29(38)40-31(4,5)6)18-19-12-14-21(15-13-19)25-24(20-10-8-7-9-11-20)33-23-17-16-22(32)27(36)26(23)34-25/h7-17,36H,18H2,1-6H3. The molecule has 2 radical (unpaired) electrons. The number of imide groups is 1. The Balaban J connectivity index is 1.73. The van der Waals surface area contributed by atoms with E-state index in [2.05, 4.69) is 0 Å². The zero-order chi connectivity index (χ0) is 29.2. The second kappa shape index (κ2) is 11.0. The van der Waals surface area contributed by atoms with Gasteiger partial charge in [0.2, 0.25) is 0 Å². The van der Waals surface area contributed by atoms with Gasteiger partial charge < -0.3 is 14.6 Å². The number of aromatic nitrogens is 2. The van der Waals surface area contributed by atoms with Crippen LogP contribution in [0.3, 0.4) is 0 Å². The molecule has 4 rings (SSSR count). The molecule has 3 aromatic carbocycles. The van der Waals surface area contributed by atoms with E-state index in [-0.39, 0.29) is 17.8 Å². The molecule has 9 heteroatoms. The molecule has 0 saturated carbocycles. The van der Waals surface area contributed by atoms with Crippen molar-refractivity contribution < 1.29 is 24.2 Å². The third-order valence-electron chi connectivity index (χ3n) is 5.68. The molecule has 1 heterocycles. The van der Waals surface area contributed by atoms with E-state index in [9.17, 15) is 14.7 Å². The molecule has 8 nitrogen and oxygen atoms in total. The number of carbonyl (C=O) groups is 2. The molecule has 0 fully saturated rings. The Bertz CT molecular complexity index is 1510. The molecule has 0 aliphatic rings. The Kier molecular flexibility index (Phi) is 7.87. The summed E-state index contributed by atoms with van der Waals surface area (Å²) >= 11 is 0. The molecule has 4 aromatic rings. The lowest BCUT2D eigenvalue weighted by Crippen LogP contribution is -2.43. The van der Waals surface area contributed by atoms with Crippen molar-refractivity contribution in [3.05, 3.63) is 72.3 Å². The second-order valence-corrected chi connectivity index (χ2v) is 11.4. The minimum absolute atomic E-state index is 0.0592. The van der Waals surface area contributed by atoms with Gasteiger partial charge >= 0.3 is 12.2 Å². The predicted octanol–water partition coefficient (Wildman–Crippen LogP) is 6.14. The van der Waals surface area contributed by atoms with Crippen molar-refractivity contribution in [2.75, 3.05) is 0 Å². The van der Waals surface area contributed by atoms with Crippen molar-refractivity contribution in [2.45, 2.75) is 59.3 Å². The van der Waals surface area contributed by atoms with Crippen LogP contribution in [-0.2, 0) is 16.0 Å². The van der Waals surface area contributed by atoms with E-state index in [4.69, 9.17) is 27.3 Å². The number of phenolic OH excluding ortho intramolecular Hbond substituents is 1. The fourth-order valence-corrected chi connectivity index (χ4v) is 3.91. The van der Waals surface area contributed by atoms with Crippen LogP contribution in [0.5, 0.6) is 5.75 Å². The van der Waals surface area contributed by atoms with Crippen LogP contribution in [0.4, 0.5) is 9.59 Å². The highest BCUT2D eigenvalue weighted by Crippen LogP contribution is 2.33. The smallest absolute Gasteiger partial charge is 0.420 e. The number of hydrogen-bond acceptors (Lipinski definition) is 7. The first-order valence-corrected chi connectivity index (χ1v) is 12.9. The molecule has 0 aliphatic heterocycles. The number of ether oxygens (including phenoxy) is 2. The Morgan fingerprint density at radius 1 is 0.775 bits per heavy atom. The van der Waals surface area contributed by atoms with Crippen LogP contribution >= 0.6 is 0 Å². The summed E-state index contributed by atoms with van der Waals surface area (Å²) in [5, 5.41) is 10.6. The maximum absolute atomic E-state index is 12.9. The number of rotatable bonds is 4. The Morgan fingerprint density at radius 3 is 1.85 bits per heavy atom. The SMILES string of the molecule is [B]c1ccc2nc(-c3ccccc3)c(-c3ccc(CN(C(=O)OC(C)(C)C)C(=O)OC(C)(C)C)cc3)nc2c1O. The molecule has 0 bridgehead atoms. The molecular formula is C31H32BN3O5. The molecule has 0 atom stereocenters. The molecule has 0 aliphatic carbocycles. The van der Waals surface area contributed by atoms with Crippen molar-refractivity contribution in [2.24, 2.45) is 0 Å². The topological polar surface area (TPSA) is 102 Å². The number of amides is 2. The molecule has 204 valence electrons. The van der Waals surface area contributed by atoms with Crippen LogP contribution in [0.15, 0.2) is 66.7 Å². The van der Waals surface area contributed by atoms with E-state index in [0.29, 0.717) is 28.0 Å². The van der Waals surface area contributed by atoms with Gasteiger partial charge in [-0.25, -0.2) is 24.5 Å². The zero-order valence-corrected chi connectivity index (χ0v) is 23.6. The van der Waals surface area contributed by atoms with Gasteiger partial charge in [0.25, 0.3) is 0 Å².